The number of hydrogen-bond donors (Lipinski definition) is 0. The first kappa shape index (κ1) is 13.8. The molecular formula is C18H17FN2. The lowest BCUT2D eigenvalue weighted by molar-refractivity contribution is 0.257. The maximum Gasteiger partial charge on any atom is 0.129 e. The third kappa shape index (κ3) is 3.12. The molecule has 0 N–H and O–H groups in total. The van der Waals surface area contributed by atoms with E-state index in [0.717, 1.165) is 25.9 Å². The van der Waals surface area contributed by atoms with Gasteiger partial charge in [0.15, 0.2) is 0 Å². The van der Waals surface area contributed by atoms with Crippen molar-refractivity contribution in [1.29, 1.82) is 5.26 Å². The molecular weight excluding hydrogens is 263 g/mol. The molecule has 0 saturated heterocycles. The van der Waals surface area contributed by atoms with Crippen molar-refractivity contribution >= 4 is 0 Å². The summed E-state index contributed by atoms with van der Waals surface area (Å²) in [5, 5.41) is 8.79. The van der Waals surface area contributed by atoms with E-state index < -0.39 is 0 Å². The van der Waals surface area contributed by atoms with Crippen LogP contribution < -0.4 is 0 Å². The van der Waals surface area contributed by atoms with E-state index in [-0.39, 0.29) is 5.82 Å². The fourth-order valence-electron chi connectivity index (χ4n) is 2.89. The summed E-state index contributed by atoms with van der Waals surface area (Å²) >= 11 is 0. The largest absolute Gasteiger partial charge is 0.295 e. The molecule has 3 heteroatoms. The van der Waals surface area contributed by atoms with Gasteiger partial charge in [0.2, 0.25) is 0 Å². The van der Waals surface area contributed by atoms with Crippen LogP contribution in [0, 0.1) is 17.1 Å². The van der Waals surface area contributed by atoms with Crippen LogP contribution in [0.2, 0.25) is 0 Å². The van der Waals surface area contributed by atoms with Crippen LogP contribution in [0.3, 0.4) is 0 Å². The zero-order valence-electron chi connectivity index (χ0n) is 11.8. The first-order chi connectivity index (χ1) is 10.3. The first-order valence-electron chi connectivity index (χ1n) is 7.24. The van der Waals surface area contributed by atoms with E-state index in [1.165, 1.54) is 17.2 Å². The van der Waals surface area contributed by atoms with Gasteiger partial charge in [-0.25, -0.2) is 4.39 Å². The summed E-state index contributed by atoms with van der Waals surface area (Å²) in [6.45, 7) is 2.41. The van der Waals surface area contributed by atoms with E-state index in [1.54, 1.807) is 12.1 Å². The second-order valence-corrected chi connectivity index (χ2v) is 5.50. The lowest BCUT2D eigenvalue weighted by Gasteiger charge is -2.20. The minimum Gasteiger partial charge on any atom is -0.295 e. The van der Waals surface area contributed by atoms with Crippen molar-refractivity contribution < 1.29 is 4.39 Å². The standard InChI is InChI=1S/C18H17FN2/c19-18-10-14(11-20)7-8-17(18)13-21-9-3-6-15-4-1-2-5-16(15)12-21/h1-2,4-5,7-8,10H,3,6,9,12-13H2. The molecule has 106 valence electrons. The first-order valence-corrected chi connectivity index (χ1v) is 7.24. The Morgan fingerprint density at radius 1 is 1.14 bits per heavy atom. The summed E-state index contributed by atoms with van der Waals surface area (Å²) < 4.78 is 14.0. The molecule has 0 fully saturated rings. The highest BCUT2D eigenvalue weighted by Crippen LogP contribution is 2.21. The third-order valence-electron chi connectivity index (χ3n) is 4.01. The van der Waals surface area contributed by atoms with Crippen molar-refractivity contribution in [3.8, 4) is 6.07 Å². The Labute approximate surface area is 124 Å². The molecule has 0 atom stereocenters. The van der Waals surface area contributed by atoms with Gasteiger partial charge in [0, 0.05) is 18.7 Å². The molecule has 1 aliphatic rings. The highest BCUT2D eigenvalue weighted by atomic mass is 19.1. The Morgan fingerprint density at radius 3 is 2.71 bits per heavy atom. The summed E-state index contributed by atoms with van der Waals surface area (Å²) in [6, 6.07) is 15.2. The summed E-state index contributed by atoms with van der Waals surface area (Å²) in [5.41, 5.74) is 3.77. The molecule has 3 rings (SSSR count). The lowest BCUT2D eigenvalue weighted by Crippen LogP contribution is -2.23. The van der Waals surface area contributed by atoms with E-state index in [1.807, 2.05) is 6.07 Å². The van der Waals surface area contributed by atoms with Crippen LogP contribution in [-0.2, 0) is 19.5 Å². The predicted molar refractivity (Wildman–Crippen MR) is 80.0 cm³/mol. The summed E-state index contributed by atoms with van der Waals surface area (Å²) in [4.78, 5) is 2.27. The van der Waals surface area contributed by atoms with Crippen LogP contribution in [0.15, 0.2) is 42.5 Å². The molecule has 0 unspecified atom stereocenters. The fraction of sp³-hybridized carbons (Fsp3) is 0.278. The molecule has 2 aromatic rings. The van der Waals surface area contributed by atoms with E-state index in [4.69, 9.17) is 5.26 Å². The van der Waals surface area contributed by atoms with Gasteiger partial charge < -0.3 is 0 Å². The van der Waals surface area contributed by atoms with Crippen LogP contribution in [0.4, 0.5) is 4.39 Å². The number of nitriles is 1. The van der Waals surface area contributed by atoms with Gasteiger partial charge in [-0.3, -0.25) is 4.90 Å². The van der Waals surface area contributed by atoms with Crippen LogP contribution in [0.1, 0.15) is 28.7 Å². The highest BCUT2D eigenvalue weighted by Gasteiger charge is 2.15. The van der Waals surface area contributed by atoms with E-state index >= 15 is 0 Å². The van der Waals surface area contributed by atoms with Crippen LogP contribution in [-0.4, -0.2) is 11.4 Å². The fourth-order valence-corrected chi connectivity index (χ4v) is 2.89. The van der Waals surface area contributed by atoms with Gasteiger partial charge in [0.1, 0.15) is 5.82 Å². The van der Waals surface area contributed by atoms with Gasteiger partial charge in [0.05, 0.1) is 11.6 Å². The van der Waals surface area contributed by atoms with E-state index in [0.29, 0.717) is 17.7 Å². The lowest BCUT2D eigenvalue weighted by atomic mass is 10.0. The van der Waals surface area contributed by atoms with Gasteiger partial charge in [-0.2, -0.15) is 5.26 Å². The molecule has 2 nitrogen and oxygen atoms in total. The van der Waals surface area contributed by atoms with Gasteiger partial charge in [-0.1, -0.05) is 30.3 Å². The monoisotopic (exact) mass is 280 g/mol. The Hall–Kier alpha value is -2.18. The molecule has 2 aromatic carbocycles. The van der Waals surface area contributed by atoms with Crippen molar-refractivity contribution in [2.45, 2.75) is 25.9 Å². The maximum atomic E-state index is 14.0. The Bertz CT molecular complexity index is 688. The Morgan fingerprint density at radius 2 is 1.95 bits per heavy atom. The molecule has 21 heavy (non-hydrogen) atoms. The van der Waals surface area contributed by atoms with Crippen molar-refractivity contribution in [1.82, 2.24) is 4.90 Å². The summed E-state index contributed by atoms with van der Waals surface area (Å²) in [6.07, 6.45) is 2.18. The zero-order valence-corrected chi connectivity index (χ0v) is 11.8. The molecule has 0 saturated carbocycles. The molecule has 0 spiro atoms. The third-order valence-corrected chi connectivity index (χ3v) is 4.01. The average molecular weight is 280 g/mol. The van der Waals surface area contributed by atoms with Gasteiger partial charge >= 0.3 is 0 Å². The molecule has 0 aliphatic carbocycles. The van der Waals surface area contributed by atoms with Crippen LogP contribution in [0.5, 0.6) is 0 Å². The van der Waals surface area contributed by atoms with Crippen LogP contribution >= 0.6 is 0 Å². The number of fused-ring (bicyclic) bond motifs is 1. The second kappa shape index (κ2) is 6.07. The minimum atomic E-state index is -0.286. The number of hydrogen-bond acceptors (Lipinski definition) is 2. The number of halogens is 1. The molecule has 0 aromatic heterocycles. The Kier molecular flexibility index (Phi) is 3.98. The maximum absolute atomic E-state index is 14.0. The average Bonchev–Trinajstić information content (AvgIpc) is 2.71. The van der Waals surface area contributed by atoms with Gasteiger partial charge in [-0.05, 0) is 42.6 Å². The normalized spacial score (nSPS) is 15.0. The number of aryl methyl sites for hydroxylation is 1. The smallest absolute Gasteiger partial charge is 0.129 e. The Balaban J connectivity index is 1.78. The quantitative estimate of drug-likeness (QED) is 0.839. The van der Waals surface area contributed by atoms with Gasteiger partial charge in [0.25, 0.3) is 0 Å². The van der Waals surface area contributed by atoms with E-state index in [2.05, 4.69) is 29.2 Å². The molecule has 0 bridgehead atoms. The second-order valence-electron chi connectivity index (χ2n) is 5.50. The molecule has 1 heterocycles. The molecule has 0 radical (unpaired) electrons. The minimum absolute atomic E-state index is 0.286. The highest BCUT2D eigenvalue weighted by molar-refractivity contribution is 5.33. The van der Waals surface area contributed by atoms with Crippen molar-refractivity contribution in [2.24, 2.45) is 0 Å². The summed E-state index contributed by atoms with van der Waals surface area (Å²) in [5.74, 6) is -0.286. The van der Waals surface area contributed by atoms with Crippen molar-refractivity contribution in [2.75, 3.05) is 6.54 Å². The molecule has 0 amide bonds. The number of benzene rings is 2. The molecule has 1 aliphatic heterocycles. The predicted octanol–water partition coefficient (Wildman–Crippen LogP) is 3.65. The summed E-state index contributed by atoms with van der Waals surface area (Å²) in [7, 11) is 0. The number of rotatable bonds is 2. The van der Waals surface area contributed by atoms with E-state index in [9.17, 15) is 4.39 Å². The number of nitrogens with zero attached hydrogens (tertiary/aromatic N) is 2. The topological polar surface area (TPSA) is 27.0 Å². The van der Waals surface area contributed by atoms with Crippen molar-refractivity contribution in [3.63, 3.8) is 0 Å². The van der Waals surface area contributed by atoms with Crippen LogP contribution in [0.25, 0.3) is 0 Å². The zero-order chi connectivity index (χ0) is 14.7. The van der Waals surface area contributed by atoms with Crippen molar-refractivity contribution in [3.05, 3.63) is 70.5 Å². The SMILES string of the molecule is N#Cc1ccc(CN2CCCc3ccccc3C2)c(F)c1. The van der Waals surface area contributed by atoms with Gasteiger partial charge in [-0.15, -0.1) is 0 Å².